The molecule has 3 aliphatic rings. The van der Waals surface area contributed by atoms with Gasteiger partial charge in [0.2, 0.25) is 17.7 Å². The number of aromatic nitrogens is 2. The Morgan fingerprint density at radius 3 is 2.56 bits per heavy atom. The summed E-state index contributed by atoms with van der Waals surface area (Å²) in [5, 5.41) is 6.15. The number of imidazole rings is 1. The predicted molar refractivity (Wildman–Crippen MR) is 162 cm³/mol. The molecule has 10 nitrogen and oxygen atoms in total. The van der Waals surface area contributed by atoms with Crippen molar-refractivity contribution in [3.63, 3.8) is 0 Å². The molecular formula is C33H41N5O5. The molecule has 1 saturated heterocycles. The van der Waals surface area contributed by atoms with Crippen molar-refractivity contribution >= 4 is 28.8 Å². The lowest BCUT2D eigenvalue weighted by atomic mass is 10.0. The number of amides is 3. The fraction of sp³-hybridized carbons (Fsp3) is 0.515. The van der Waals surface area contributed by atoms with Gasteiger partial charge in [-0.3, -0.25) is 14.4 Å². The van der Waals surface area contributed by atoms with Crippen LogP contribution >= 0.6 is 0 Å². The Kier molecular flexibility index (Phi) is 8.54. The standard InChI is InChI=1S/C33H41N5O5/c1-42-28-17-21-9-14-29(39)35-19-25-13-12-24(18-30(40)34-15-5-6-23(16-21)32(28)43-2)38(25)31(41)20-37-27-8-4-3-7-26(27)36-33(37)22-10-11-22/h3-4,7-8,16-17,22,24-25H,5-6,9-15,18-20H2,1-2H3,(H,34,40)(H,35,39)/t24-,25+/m0/s1. The molecule has 1 saturated carbocycles. The van der Waals surface area contributed by atoms with Crippen LogP contribution in [0.5, 0.6) is 11.5 Å². The molecule has 10 heteroatoms. The Balaban J connectivity index is 1.22. The van der Waals surface area contributed by atoms with E-state index < -0.39 is 0 Å². The minimum atomic E-state index is -0.219. The zero-order valence-electron chi connectivity index (χ0n) is 25.1. The monoisotopic (exact) mass is 587 g/mol. The highest BCUT2D eigenvalue weighted by Crippen LogP contribution is 2.41. The first kappa shape index (κ1) is 29.0. The smallest absolute Gasteiger partial charge is 0.243 e. The second-order valence-corrected chi connectivity index (χ2v) is 12.0. The van der Waals surface area contributed by atoms with Gasteiger partial charge in [-0.25, -0.2) is 4.98 Å². The third-order valence-corrected chi connectivity index (χ3v) is 8.99. The number of hydrogen-bond acceptors (Lipinski definition) is 6. The normalized spacial score (nSPS) is 21.7. The van der Waals surface area contributed by atoms with E-state index in [1.807, 2.05) is 35.2 Å². The number of methoxy groups -OCH3 is 2. The van der Waals surface area contributed by atoms with Gasteiger partial charge in [0.1, 0.15) is 12.4 Å². The summed E-state index contributed by atoms with van der Waals surface area (Å²) >= 11 is 0. The van der Waals surface area contributed by atoms with Crippen LogP contribution in [0.15, 0.2) is 36.4 Å². The van der Waals surface area contributed by atoms with Gasteiger partial charge < -0.3 is 29.6 Å². The largest absolute Gasteiger partial charge is 0.493 e. The van der Waals surface area contributed by atoms with E-state index in [0.29, 0.717) is 49.8 Å². The van der Waals surface area contributed by atoms with Gasteiger partial charge in [0.25, 0.3) is 0 Å². The molecule has 0 radical (unpaired) electrons. The van der Waals surface area contributed by atoms with E-state index in [9.17, 15) is 14.4 Å². The number of carbonyl (C=O) groups excluding carboxylic acids is 3. The second kappa shape index (κ2) is 12.7. The molecule has 2 atom stereocenters. The molecule has 2 aromatic carbocycles. The van der Waals surface area contributed by atoms with E-state index in [0.717, 1.165) is 60.1 Å². The van der Waals surface area contributed by atoms with Gasteiger partial charge in [-0.05, 0) is 74.3 Å². The molecule has 4 bridgehead atoms. The first-order valence-corrected chi connectivity index (χ1v) is 15.5. The lowest BCUT2D eigenvalue weighted by Crippen LogP contribution is -2.49. The van der Waals surface area contributed by atoms with Crippen molar-refractivity contribution in [2.45, 2.75) is 82.3 Å². The first-order valence-electron chi connectivity index (χ1n) is 15.5. The van der Waals surface area contributed by atoms with Gasteiger partial charge in [-0.1, -0.05) is 18.2 Å². The Hall–Kier alpha value is -4.08. The van der Waals surface area contributed by atoms with Gasteiger partial charge in [0.05, 0.1) is 25.3 Å². The lowest BCUT2D eigenvalue weighted by Gasteiger charge is -2.31. The highest BCUT2D eigenvalue weighted by Gasteiger charge is 2.39. The molecule has 2 fully saturated rings. The van der Waals surface area contributed by atoms with E-state index in [4.69, 9.17) is 14.5 Å². The first-order chi connectivity index (χ1) is 20.9. The summed E-state index contributed by atoms with van der Waals surface area (Å²) < 4.78 is 13.3. The Morgan fingerprint density at radius 1 is 0.953 bits per heavy atom. The van der Waals surface area contributed by atoms with Crippen LogP contribution in [-0.4, -0.2) is 71.6 Å². The van der Waals surface area contributed by atoms with Gasteiger partial charge in [0.15, 0.2) is 11.5 Å². The number of aryl methyl sites for hydroxylation is 2. The van der Waals surface area contributed by atoms with Crippen molar-refractivity contribution in [1.82, 2.24) is 25.1 Å². The molecule has 6 rings (SSSR count). The van der Waals surface area contributed by atoms with Crippen LogP contribution in [0.2, 0.25) is 0 Å². The third-order valence-electron chi connectivity index (χ3n) is 8.99. The van der Waals surface area contributed by atoms with E-state index >= 15 is 0 Å². The SMILES string of the molecule is COc1cc2cc(c1OC)CCCNC(=O)C[C@@H]1CC[C@H](CNC(=O)CC2)N1C(=O)Cn1c(C2CC2)nc2ccccc21. The quantitative estimate of drug-likeness (QED) is 0.473. The number of nitrogens with zero attached hydrogens (tertiary/aromatic N) is 3. The van der Waals surface area contributed by atoms with E-state index in [2.05, 4.69) is 21.3 Å². The van der Waals surface area contributed by atoms with Crippen LogP contribution in [0.3, 0.4) is 0 Å². The van der Waals surface area contributed by atoms with Crippen molar-refractivity contribution in [3.05, 3.63) is 53.3 Å². The zero-order valence-corrected chi connectivity index (χ0v) is 25.1. The highest BCUT2D eigenvalue weighted by molar-refractivity contribution is 5.83. The fourth-order valence-corrected chi connectivity index (χ4v) is 6.71. The Labute approximate surface area is 252 Å². The maximum atomic E-state index is 14.1. The van der Waals surface area contributed by atoms with Crippen molar-refractivity contribution in [3.8, 4) is 11.5 Å². The minimum Gasteiger partial charge on any atom is -0.493 e. The summed E-state index contributed by atoms with van der Waals surface area (Å²) in [5.74, 6) is 2.51. The van der Waals surface area contributed by atoms with Crippen LogP contribution in [-0.2, 0) is 33.8 Å². The summed E-state index contributed by atoms with van der Waals surface area (Å²) in [4.78, 5) is 46.9. The average Bonchev–Trinajstić information content (AvgIpc) is 3.69. The molecule has 43 heavy (non-hydrogen) atoms. The molecule has 3 heterocycles. The number of fused-ring (bicyclic) bond motifs is 5. The zero-order chi connectivity index (χ0) is 29.9. The third kappa shape index (κ3) is 6.33. The van der Waals surface area contributed by atoms with E-state index in [-0.39, 0.29) is 42.8 Å². The summed E-state index contributed by atoms with van der Waals surface area (Å²) in [6.07, 6.45) is 6.17. The predicted octanol–water partition coefficient (Wildman–Crippen LogP) is 3.49. The van der Waals surface area contributed by atoms with Gasteiger partial charge in [0, 0.05) is 43.9 Å². The second-order valence-electron chi connectivity index (χ2n) is 12.0. The number of ether oxygens (including phenoxy) is 2. The Bertz CT molecular complexity index is 1510. The summed E-state index contributed by atoms with van der Waals surface area (Å²) in [6.45, 7) is 1.05. The molecule has 228 valence electrons. The van der Waals surface area contributed by atoms with Gasteiger partial charge >= 0.3 is 0 Å². The maximum absolute atomic E-state index is 14.1. The number of nitrogens with one attached hydrogen (secondary N) is 2. The molecular weight excluding hydrogens is 546 g/mol. The van der Waals surface area contributed by atoms with Crippen molar-refractivity contribution in [1.29, 1.82) is 0 Å². The summed E-state index contributed by atoms with van der Waals surface area (Å²) in [5.41, 5.74) is 3.84. The number of carbonyl (C=O) groups is 3. The number of hydrogen-bond donors (Lipinski definition) is 2. The lowest BCUT2D eigenvalue weighted by molar-refractivity contribution is -0.136. The topological polar surface area (TPSA) is 115 Å². The molecule has 0 unspecified atom stereocenters. The van der Waals surface area contributed by atoms with Crippen LogP contribution < -0.4 is 20.1 Å². The Morgan fingerprint density at radius 2 is 1.77 bits per heavy atom. The van der Waals surface area contributed by atoms with Crippen molar-refractivity contribution < 1.29 is 23.9 Å². The van der Waals surface area contributed by atoms with Crippen molar-refractivity contribution in [2.24, 2.45) is 0 Å². The molecule has 3 aromatic rings. The number of rotatable bonds is 5. The minimum absolute atomic E-state index is 0.0345. The molecule has 0 spiro atoms. The van der Waals surface area contributed by atoms with Crippen LogP contribution in [0, 0.1) is 0 Å². The number of benzene rings is 2. The van der Waals surface area contributed by atoms with Gasteiger partial charge in [-0.15, -0.1) is 0 Å². The number of para-hydroxylation sites is 2. The average molecular weight is 588 g/mol. The molecule has 1 aromatic heterocycles. The van der Waals surface area contributed by atoms with E-state index in [1.54, 1.807) is 14.2 Å². The van der Waals surface area contributed by atoms with Crippen molar-refractivity contribution in [2.75, 3.05) is 27.3 Å². The maximum Gasteiger partial charge on any atom is 0.243 e. The molecule has 1 aliphatic carbocycles. The fourth-order valence-electron chi connectivity index (χ4n) is 6.71. The summed E-state index contributed by atoms with van der Waals surface area (Å²) in [7, 11) is 3.23. The highest BCUT2D eigenvalue weighted by atomic mass is 16.5. The molecule has 2 aliphatic heterocycles. The summed E-state index contributed by atoms with van der Waals surface area (Å²) in [6, 6.07) is 11.5. The molecule has 3 amide bonds. The van der Waals surface area contributed by atoms with E-state index in [1.165, 1.54) is 0 Å². The van der Waals surface area contributed by atoms with Gasteiger partial charge in [-0.2, -0.15) is 0 Å². The molecule has 2 N–H and O–H groups in total. The van der Waals surface area contributed by atoms with Crippen LogP contribution in [0.25, 0.3) is 11.0 Å². The van der Waals surface area contributed by atoms with Crippen LogP contribution in [0.4, 0.5) is 0 Å². The van der Waals surface area contributed by atoms with Crippen LogP contribution in [0.1, 0.15) is 67.8 Å².